The number of nitrogens with zero attached hydrogens (tertiary/aromatic N) is 1. The molecular weight excluding hydrogens is 290 g/mol. The molecule has 0 aliphatic heterocycles. The normalized spacial score (nSPS) is 11.4. The quantitative estimate of drug-likeness (QED) is 0.845. The van der Waals surface area contributed by atoms with Gasteiger partial charge in [0.2, 0.25) is 0 Å². The summed E-state index contributed by atoms with van der Waals surface area (Å²) in [7, 11) is -3.84. The highest BCUT2D eigenvalue weighted by Crippen LogP contribution is 2.24. The molecule has 0 amide bonds. The molecule has 108 valence electrons. The molecule has 2 aromatic rings. The fraction of sp³-hybridized carbons (Fsp3) is 0. The lowest BCUT2D eigenvalue weighted by Crippen LogP contribution is -2.21. The first-order valence-corrected chi connectivity index (χ1v) is 7.49. The van der Waals surface area contributed by atoms with Gasteiger partial charge in [0, 0.05) is 5.41 Å². The van der Waals surface area contributed by atoms with E-state index in [2.05, 4.69) is 4.72 Å². The molecular formula is C15H11NO4S-2. The average Bonchev–Trinajstić information content (AvgIpc) is 2.46. The highest BCUT2D eigenvalue weighted by molar-refractivity contribution is 7.97. The van der Waals surface area contributed by atoms with Crippen LogP contribution in [0.3, 0.4) is 0 Å². The fourth-order valence-corrected chi connectivity index (χ4v) is 2.39. The number of carbonyl (C=O) groups is 1. The van der Waals surface area contributed by atoms with E-state index in [0.717, 1.165) is 17.0 Å². The van der Waals surface area contributed by atoms with E-state index in [1.807, 2.05) is 6.07 Å². The van der Waals surface area contributed by atoms with E-state index in [0.29, 0.717) is 0 Å². The van der Waals surface area contributed by atoms with Crippen LogP contribution < -0.4 is 5.11 Å². The van der Waals surface area contributed by atoms with Crippen molar-refractivity contribution in [3.63, 3.8) is 0 Å². The number of aromatic carboxylic acids is 1. The molecule has 0 radical (unpaired) electrons. The summed E-state index contributed by atoms with van der Waals surface area (Å²) >= 11 is 0. The Hall–Kier alpha value is -2.60. The van der Waals surface area contributed by atoms with Crippen LogP contribution in [0.4, 0.5) is 5.69 Å². The average molecular weight is 301 g/mol. The van der Waals surface area contributed by atoms with Gasteiger partial charge in [0.15, 0.2) is 0 Å². The Morgan fingerprint density at radius 2 is 1.76 bits per heavy atom. The molecule has 0 atom stereocenters. The summed E-state index contributed by atoms with van der Waals surface area (Å²) < 4.78 is 27.2. The second-order valence-corrected chi connectivity index (χ2v) is 5.64. The first-order valence-electron chi connectivity index (χ1n) is 5.99. The predicted molar refractivity (Wildman–Crippen MR) is 78.2 cm³/mol. The fourth-order valence-electron chi connectivity index (χ4n) is 1.60. The Balaban J connectivity index is 2.16. The third-order valence-corrected chi connectivity index (χ3v) is 3.49. The highest BCUT2D eigenvalue weighted by atomic mass is 32.2. The number of hydrogen-bond donors (Lipinski definition) is 0. The van der Waals surface area contributed by atoms with E-state index in [9.17, 15) is 18.3 Å². The van der Waals surface area contributed by atoms with Crippen molar-refractivity contribution in [2.45, 2.75) is 0 Å². The Morgan fingerprint density at radius 1 is 1.05 bits per heavy atom. The van der Waals surface area contributed by atoms with Gasteiger partial charge >= 0.3 is 0 Å². The Bertz CT molecular complexity index is 767. The van der Waals surface area contributed by atoms with Crippen LogP contribution >= 0.6 is 0 Å². The maximum Gasteiger partial charge on any atom is 0.116 e. The molecule has 0 aromatic heterocycles. The summed E-state index contributed by atoms with van der Waals surface area (Å²) in [5, 5.41) is 11.7. The number of hydrogen-bond acceptors (Lipinski definition) is 4. The molecule has 0 saturated carbocycles. The molecule has 0 aliphatic carbocycles. The summed E-state index contributed by atoms with van der Waals surface area (Å²) in [5.74, 6) is -1.38. The van der Waals surface area contributed by atoms with Crippen molar-refractivity contribution in [3.05, 3.63) is 75.9 Å². The molecule has 6 heteroatoms. The van der Waals surface area contributed by atoms with Crippen LogP contribution in [0.15, 0.2) is 60.0 Å². The number of carboxylic acid groups (broad SMARTS) is 1. The van der Waals surface area contributed by atoms with Gasteiger partial charge in [-0.3, -0.25) is 0 Å². The van der Waals surface area contributed by atoms with Crippen molar-refractivity contribution < 1.29 is 18.3 Å². The zero-order valence-electron chi connectivity index (χ0n) is 10.8. The number of carboxylic acids is 1. The maximum atomic E-state index is 11.8. The molecule has 0 unspecified atom stereocenters. The van der Waals surface area contributed by atoms with Crippen molar-refractivity contribution in [2.24, 2.45) is 0 Å². The molecule has 0 saturated heterocycles. The SMILES string of the molecule is O=C([O-])c1cccc([N-]S(=O)(=O)C=Cc2ccccc2)c1. The van der Waals surface area contributed by atoms with Gasteiger partial charge in [0.05, 0.1) is 5.97 Å². The Labute approximate surface area is 122 Å². The van der Waals surface area contributed by atoms with E-state index in [1.54, 1.807) is 24.3 Å². The summed E-state index contributed by atoms with van der Waals surface area (Å²) in [6, 6.07) is 14.2. The molecule has 0 heterocycles. The lowest BCUT2D eigenvalue weighted by Gasteiger charge is -2.20. The topological polar surface area (TPSA) is 88.4 Å². The third kappa shape index (κ3) is 4.47. The Kier molecular flexibility index (Phi) is 4.39. The number of benzene rings is 2. The van der Waals surface area contributed by atoms with Gasteiger partial charge in [-0.25, -0.2) is 8.42 Å². The highest BCUT2D eigenvalue weighted by Gasteiger charge is 1.96. The summed E-state index contributed by atoms with van der Waals surface area (Å²) in [4.78, 5) is 10.7. The first-order chi connectivity index (χ1) is 9.96. The summed E-state index contributed by atoms with van der Waals surface area (Å²) in [6.07, 6.45) is 1.42. The molecule has 21 heavy (non-hydrogen) atoms. The zero-order chi connectivity index (χ0) is 15.3. The predicted octanol–water partition coefficient (Wildman–Crippen LogP) is 2.06. The second-order valence-electron chi connectivity index (χ2n) is 4.16. The van der Waals surface area contributed by atoms with E-state index < -0.39 is 16.0 Å². The van der Waals surface area contributed by atoms with Crippen LogP contribution in [0, 0.1) is 0 Å². The minimum absolute atomic E-state index is 0.0365. The van der Waals surface area contributed by atoms with Crippen molar-refractivity contribution in [2.75, 3.05) is 0 Å². The van der Waals surface area contributed by atoms with E-state index in [1.165, 1.54) is 24.3 Å². The van der Waals surface area contributed by atoms with Gasteiger partial charge in [-0.05, 0) is 17.2 Å². The first kappa shape index (κ1) is 14.8. The number of sulfonamides is 1. The Morgan fingerprint density at radius 3 is 2.43 bits per heavy atom. The lowest BCUT2D eigenvalue weighted by atomic mass is 10.2. The summed E-state index contributed by atoms with van der Waals surface area (Å²) in [5.41, 5.74) is 0.632. The molecule has 0 N–H and O–H groups in total. The van der Waals surface area contributed by atoms with Crippen LogP contribution in [-0.2, 0) is 10.0 Å². The maximum absolute atomic E-state index is 11.8. The van der Waals surface area contributed by atoms with Gasteiger partial charge in [0.25, 0.3) is 0 Å². The van der Waals surface area contributed by atoms with Crippen LogP contribution in [0.5, 0.6) is 0 Å². The largest absolute Gasteiger partial charge is 0.573 e. The van der Waals surface area contributed by atoms with E-state index in [-0.39, 0.29) is 11.3 Å². The second kappa shape index (κ2) is 6.23. The smallest absolute Gasteiger partial charge is 0.116 e. The van der Waals surface area contributed by atoms with Crippen LogP contribution in [0.2, 0.25) is 0 Å². The monoisotopic (exact) mass is 301 g/mol. The molecule has 0 spiro atoms. The minimum atomic E-state index is -3.84. The van der Waals surface area contributed by atoms with Crippen LogP contribution in [-0.4, -0.2) is 14.4 Å². The van der Waals surface area contributed by atoms with Gasteiger partial charge in [-0.15, -0.1) is 5.69 Å². The minimum Gasteiger partial charge on any atom is -0.573 e. The van der Waals surface area contributed by atoms with Crippen molar-refractivity contribution in [1.29, 1.82) is 0 Å². The van der Waals surface area contributed by atoms with E-state index >= 15 is 0 Å². The zero-order valence-corrected chi connectivity index (χ0v) is 11.7. The standard InChI is InChI=1S/C15H12NO4S/c17-15(18)13-7-4-8-14(11-13)16-21(19,20)10-9-12-5-2-1-3-6-12/h1-11H,(H,17,18)/q-1/p-1. The van der Waals surface area contributed by atoms with Gasteiger partial charge in [-0.2, -0.15) is 0 Å². The molecule has 0 fully saturated rings. The van der Waals surface area contributed by atoms with Gasteiger partial charge < -0.3 is 14.6 Å². The molecule has 2 rings (SSSR count). The van der Waals surface area contributed by atoms with Crippen molar-refractivity contribution in [3.8, 4) is 0 Å². The van der Waals surface area contributed by atoms with E-state index in [4.69, 9.17) is 0 Å². The molecule has 0 aliphatic rings. The van der Waals surface area contributed by atoms with Gasteiger partial charge in [0.1, 0.15) is 10.0 Å². The number of carbonyl (C=O) groups excluding carboxylic acids is 1. The third-order valence-electron chi connectivity index (χ3n) is 2.55. The van der Waals surface area contributed by atoms with Crippen molar-refractivity contribution >= 4 is 27.8 Å². The molecule has 5 nitrogen and oxygen atoms in total. The van der Waals surface area contributed by atoms with Crippen molar-refractivity contribution in [1.82, 2.24) is 0 Å². The van der Waals surface area contributed by atoms with Crippen LogP contribution in [0.25, 0.3) is 10.8 Å². The van der Waals surface area contributed by atoms with Gasteiger partial charge in [-0.1, -0.05) is 54.6 Å². The lowest BCUT2D eigenvalue weighted by molar-refractivity contribution is -0.255. The molecule has 2 aromatic carbocycles. The number of rotatable bonds is 5. The van der Waals surface area contributed by atoms with Crippen LogP contribution in [0.1, 0.15) is 15.9 Å². The summed E-state index contributed by atoms with van der Waals surface area (Å²) in [6.45, 7) is 0. The molecule has 0 bridgehead atoms.